The number of amides is 1. The fourth-order valence-corrected chi connectivity index (χ4v) is 2.05. The third-order valence-corrected chi connectivity index (χ3v) is 3.26. The van der Waals surface area contributed by atoms with Gasteiger partial charge in [0.25, 0.3) is 5.91 Å². The SMILES string of the molecule is O=C(Nc1[c-]cccc1)c1cc(Br)ccc1O.[U+2].[c-]1ccccc1. The summed E-state index contributed by atoms with van der Waals surface area (Å²) in [4.78, 5) is 11.9. The van der Waals surface area contributed by atoms with Crippen molar-refractivity contribution in [1.29, 1.82) is 0 Å². The van der Waals surface area contributed by atoms with Crippen molar-refractivity contribution in [2.45, 2.75) is 0 Å². The van der Waals surface area contributed by atoms with Crippen molar-refractivity contribution in [2.75, 3.05) is 5.32 Å². The van der Waals surface area contributed by atoms with Crippen LogP contribution in [0.15, 0.2) is 77.3 Å². The van der Waals surface area contributed by atoms with E-state index in [4.69, 9.17) is 0 Å². The molecule has 0 fully saturated rings. The van der Waals surface area contributed by atoms with Crippen molar-refractivity contribution in [1.82, 2.24) is 0 Å². The Bertz CT molecular complexity index is 725. The first-order valence-corrected chi connectivity index (χ1v) is 7.64. The summed E-state index contributed by atoms with van der Waals surface area (Å²) in [6, 6.07) is 27.1. The molecule has 0 atom stereocenters. The summed E-state index contributed by atoms with van der Waals surface area (Å²) in [5.74, 6) is -0.423. The van der Waals surface area contributed by atoms with Crippen LogP contribution in [0.1, 0.15) is 10.4 Å². The van der Waals surface area contributed by atoms with Crippen LogP contribution in [0.4, 0.5) is 5.69 Å². The molecule has 0 aliphatic rings. The quantitative estimate of drug-likeness (QED) is 0.417. The Morgan fingerprint density at radius 3 is 2.25 bits per heavy atom. The zero-order valence-electron chi connectivity index (χ0n) is 12.7. The number of para-hydroxylation sites is 1. The maximum Gasteiger partial charge on any atom is 2.00 e. The van der Waals surface area contributed by atoms with Gasteiger partial charge in [-0.1, -0.05) is 21.6 Å². The van der Waals surface area contributed by atoms with Crippen LogP contribution in [0, 0.1) is 43.2 Å². The molecule has 0 aliphatic carbocycles. The molecular formula is C19H14BrNO2U. The van der Waals surface area contributed by atoms with Gasteiger partial charge in [0.2, 0.25) is 0 Å². The van der Waals surface area contributed by atoms with Crippen molar-refractivity contribution < 1.29 is 41.0 Å². The van der Waals surface area contributed by atoms with Gasteiger partial charge in [0.1, 0.15) is 5.75 Å². The first-order chi connectivity index (χ1) is 11.2. The molecule has 5 heteroatoms. The monoisotopic (exact) mass is 605 g/mol. The number of hydrogen-bond acceptors (Lipinski definition) is 2. The maximum atomic E-state index is 11.9. The average molecular weight is 606 g/mol. The number of aromatic hydroxyl groups is 1. The largest absolute Gasteiger partial charge is 2.00 e. The van der Waals surface area contributed by atoms with Gasteiger partial charge >= 0.3 is 31.1 Å². The molecule has 1 amide bonds. The van der Waals surface area contributed by atoms with Gasteiger partial charge < -0.3 is 10.4 Å². The number of phenols is 1. The first-order valence-electron chi connectivity index (χ1n) is 6.84. The number of carbonyl (C=O) groups is 1. The fourth-order valence-electron chi connectivity index (χ4n) is 1.69. The number of rotatable bonds is 2. The van der Waals surface area contributed by atoms with Crippen LogP contribution in [-0.2, 0) is 0 Å². The summed E-state index contributed by atoms with van der Waals surface area (Å²) in [6.45, 7) is 0. The average Bonchev–Trinajstić information content (AvgIpc) is 2.60. The second-order valence-corrected chi connectivity index (χ2v) is 5.38. The molecule has 0 saturated heterocycles. The van der Waals surface area contributed by atoms with Gasteiger partial charge in [0.15, 0.2) is 0 Å². The molecule has 0 bridgehead atoms. The molecule has 0 heterocycles. The standard InChI is InChI=1S/C13H9BrNO2.C6H5.U/c14-9-6-7-12(16)11(8-9)13(17)15-10-4-2-1-3-5-10;1-2-4-6-5-3-1;/h1-4,6-8,16H,(H,15,17);1-5H;/q2*-1;+2. The molecule has 24 heavy (non-hydrogen) atoms. The van der Waals surface area contributed by atoms with Crippen LogP contribution in [0.25, 0.3) is 0 Å². The Balaban J connectivity index is 0.000000349. The fraction of sp³-hybridized carbons (Fsp3) is 0. The van der Waals surface area contributed by atoms with Crippen molar-refractivity contribution in [3.8, 4) is 5.75 Å². The van der Waals surface area contributed by atoms with Gasteiger partial charge in [0.05, 0.1) is 5.56 Å². The van der Waals surface area contributed by atoms with Crippen molar-refractivity contribution in [3.63, 3.8) is 0 Å². The molecule has 3 rings (SSSR count). The van der Waals surface area contributed by atoms with E-state index in [2.05, 4.69) is 33.4 Å². The number of nitrogens with one attached hydrogen (secondary N) is 1. The van der Waals surface area contributed by atoms with E-state index in [0.717, 1.165) is 4.47 Å². The molecule has 0 radical (unpaired) electrons. The summed E-state index contributed by atoms with van der Waals surface area (Å²) in [7, 11) is 0. The number of hydrogen-bond donors (Lipinski definition) is 2. The summed E-state index contributed by atoms with van der Waals surface area (Å²) >= 11 is 3.25. The smallest absolute Gasteiger partial charge is 0.507 e. The minimum Gasteiger partial charge on any atom is -0.507 e. The molecular weight excluding hydrogens is 592 g/mol. The van der Waals surface area contributed by atoms with E-state index >= 15 is 0 Å². The van der Waals surface area contributed by atoms with E-state index < -0.39 is 0 Å². The van der Waals surface area contributed by atoms with E-state index in [9.17, 15) is 9.90 Å². The molecule has 3 aromatic carbocycles. The Morgan fingerprint density at radius 2 is 1.71 bits per heavy atom. The summed E-state index contributed by atoms with van der Waals surface area (Å²) in [6.07, 6.45) is 0. The predicted molar refractivity (Wildman–Crippen MR) is 94.3 cm³/mol. The Morgan fingerprint density at radius 1 is 1.00 bits per heavy atom. The van der Waals surface area contributed by atoms with Crippen LogP contribution in [0.2, 0.25) is 0 Å². The molecule has 2 N–H and O–H groups in total. The van der Waals surface area contributed by atoms with Gasteiger partial charge in [-0.3, -0.25) is 4.79 Å². The number of anilines is 1. The first kappa shape index (κ1) is 20.5. The molecule has 0 aliphatic heterocycles. The molecule has 3 aromatic rings. The van der Waals surface area contributed by atoms with Gasteiger partial charge in [-0.25, -0.2) is 0 Å². The Hall–Kier alpha value is -1.54. The Labute approximate surface area is 173 Å². The van der Waals surface area contributed by atoms with E-state index in [1.54, 1.807) is 30.3 Å². The van der Waals surface area contributed by atoms with E-state index in [1.165, 1.54) is 6.07 Å². The molecule has 0 aromatic heterocycles. The molecule has 0 unspecified atom stereocenters. The second-order valence-electron chi connectivity index (χ2n) is 4.47. The number of halogens is 1. The van der Waals surface area contributed by atoms with Crippen molar-refractivity contribution in [3.05, 3.63) is 95.0 Å². The molecule has 0 spiro atoms. The molecule has 0 saturated carbocycles. The van der Waals surface area contributed by atoms with Crippen LogP contribution in [-0.4, -0.2) is 11.0 Å². The summed E-state index contributed by atoms with van der Waals surface area (Å²) < 4.78 is 0.734. The topological polar surface area (TPSA) is 49.3 Å². The number of benzene rings is 3. The van der Waals surface area contributed by atoms with Gasteiger partial charge in [0, 0.05) is 4.47 Å². The predicted octanol–water partition coefficient (Wildman–Crippen LogP) is 4.69. The van der Waals surface area contributed by atoms with Crippen LogP contribution < -0.4 is 5.32 Å². The van der Waals surface area contributed by atoms with Crippen LogP contribution >= 0.6 is 15.9 Å². The van der Waals surface area contributed by atoms with E-state index in [1.807, 2.05) is 36.4 Å². The Kier molecular flexibility index (Phi) is 9.48. The minimum absolute atomic E-state index is 0. The zero-order chi connectivity index (χ0) is 16.5. The normalized spacial score (nSPS) is 9.04. The van der Waals surface area contributed by atoms with Crippen LogP contribution in [0.5, 0.6) is 5.75 Å². The van der Waals surface area contributed by atoms with Gasteiger partial charge in [-0.2, -0.15) is 60.7 Å². The molecule has 3 nitrogen and oxygen atoms in total. The third-order valence-electron chi connectivity index (χ3n) is 2.77. The molecule has 118 valence electrons. The van der Waals surface area contributed by atoms with Gasteiger partial charge in [-0.05, 0) is 18.2 Å². The zero-order valence-corrected chi connectivity index (χ0v) is 18.4. The number of phenolic OH excluding ortho intramolecular Hbond substituents is 1. The van der Waals surface area contributed by atoms with Crippen molar-refractivity contribution in [2.24, 2.45) is 0 Å². The minimum atomic E-state index is -0.369. The second kappa shape index (κ2) is 11.1. The summed E-state index contributed by atoms with van der Waals surface area (Å²) in [5, 5.41) is 12.2. The maximum absolute atomic E-state index is 11.9. The third kappa shape index (κ3) is 6.92. The summed E-state index contributed by atoms with van der Waals surface area (Å²) in [5.41, 5.74) is 0.786. The number of carbonyl (C=O) groups excluding carboxylic acids is 1. The van der Waals surface area contributed by atoms with E-state index in [-0.39, 0.29) is 48.3 Å². The van der Waals surface area contributed by atoms with Gasteiger partial charge in [-0.15, -0.1) is 6.07 Å². The van der Waals surface area contributed by atoms with E-state index in [0.29, 0.717) is 5.69 Å². The van der Waals surface area contributed by atoms with Crippen LogP contribution in [0.3, 0.4) is 0 Å². The van der Waals surface area contributed by atoms with Crippen molar-refractivity contribution >= 4 is 27.5 Å².